The summed E-state index contributed by atoms with van der Waals surface area (Å²) in [7, 11) is 0. The lowest BCUT2D eigenvalue weighted by atomic mass is 9.65. The third-order valence-corrected chi connectivity index (χ3v) is 4.83. The summed E-state index contributed by atoms with van der Waals surface area (Å²) in [4.78, 5) is 0. The molecule has 0 aromatic rings. The molecule has 2 atom stereocenters. The topological polar surface area (TPSA) is 12.0 Å². The molecule has 2 saturated carbocycles. The number of rotatable bonds is 5. The molecule has 0 aliphatic heterocycles. The standard InChI is InChI=1S/C15H29N/c1-4-16-14(11-12-8-9-12)13-7-5-6-10-15(13,2)3/h12-14,16H,4-11H2,1-3H3. The zero-order valence-electron chi connectivity index (χ0n) is 11.4. The molecule has 0 aromatic heterocycles. The second-order valence-corrected chi connectivity index (χ2v) is 6.68. The summed E-state index contributed by atoms with van der Waals surface area (Å²) in [5.74, 6) is 1.98. The average molecular weight is 223 g/mol. The Kier molecular flexibility index (Phi) is 3.94. The fourth-order valence-corrected chi connectivity index (χ4v) is 3.63. The van der Waals surface area contributed by atoms with Crippen LogP contribution in [-0.4, -0.2) is 12.6 Å². The summed E-state index contributed by atoms with van der Waals surface area (Å²) >= 11 is 0. The SMILES string of the molecule is CCNC(CC1CC1)C1CCCCC1(C)C. The van der Waals surface area contributed by atoms with E-state index in [1.54, 1.807) is 0 Å². The summed E-state index contributed by atoms with van der Waals surface area (Å²) in [5, 5.41) is 3.78. The van der Waals surface area contributed by atoms with Crippen molar-refractivity contribution in [3.05, 3.63) is 0 Å². The van der Waals surface area contributed by atoms with Crippen LogP contribution in [0, 0.1) is 17.3 Å². The Morgan fingerprint density at radius 2 is 1.94 bits per heavy atom. The second-order valence-electron chi connectivity index (χ2n) is 6.68. The highest BCUT2D eigenvalue weighted by Crippen LogP contribution is 2.45. The number of nitrogens with one attached hydrogen (secondary N) is 1. The maximum atomic E-state index is 3.78. The van der Waals surface area contributed by atoms with Gasteiger partial charge in [0.05, 0.1) is 0 Å². The molecule has 1 nitrogen and oxygen atoms in total. The van der Waals surface area contributed by atoms with Gasteiger partial charge in [-0.2, -0.15) is 0 Å². The third-order valence-electron chi connectivity index (χ3n) is 4.83. The summed E-state index contributed by atoms with van der Waals surface area (Å²) < 4.78 is 0. The Morgan fingerprint density at radius 3 is 2.50 bits per heavy atom. The van der Waals surface area contributed by atoms with Crippen LogP contribution in [0.1, 0.15) is 65.7 Å². The molecule has 0 amide bonds. The van der Waals surface area contributed by atoms with E-state index in [9.17, 15) is 0 Å². The van der Waals surface area contributed by atoms with Gasteiger partial charge in [0, 0.05) is 6.04 Å². The molecule has 0 heterocycles. The van der Waals surface area contributed by atoms with Crippen molar-refractivity contribution in [3.8, 4) is 0 Å². The minimum Gasteiger partial charge on any atom is -0.314 e. The van der Waals surface area contributed by atoms with Crippen LogP contribution in [0.2, 0.25) is 0 Å². The lowest BCUT2D eigenvalue weighted by molar-refractivity contribution is 0.0931. The first-order valence-electron chi connectivity index (χ1n) is 7.37. The largest absolute Gasteiger partial charge is 0.314 e. The van der Waals surface area contributed by atoms with E-state index in [2.05, 4.69) is 26.1 Å². The summed E-state index contributed by atoms with van der Waals surface area (Å²) in [5.41, 5.74) is 0.569. The van der Waals surface area contributed by atoms with Crippen LogP contribution in [0.25, 0.3) is 0 Å². The van der Waals surface area contributed by atoms with E-state index in [0.717, 1.165) is 24.4 Å². The van der Waals surface area contributed by atoms with Crippen molar-refractivity contribution in [1.82, 2.24) is 5.32 Å². The molecule has 0 bridgehead atoms. The molecule has 16 heavy (non-hydrogen) atoms. The van der Waals surface area contributed by atoms with Gasteiger partial charge in [-0.3, -0.25) is 0 Å². The monoisotopic (exact) mass is 223 g/mol. The molecule has 2 fully saturated rings. The highest BCUT2D eigenvalue weighted by molar-refractivity contribution is 4.92. The molecule has 2 aliphatic rings. The number of hydrogen-bond donors (Lipinski definition) is 1. The number of hydrogen-bond acceptors (Lipinski definition) is 1. The van der Waals surface area contributed by atoms with Crippen molar-refractivity contribution in [2.45, 2.75) is 71.8 Å². The normalized spacial score (nSPS) is 31.3. The Morgan fingerprint density at radius 1 is 1.19 bits per heavy atom. The van der Waals surface area contributed by atoms with Gasteiger partial charge in [-0.05, 0) is 43.1 Å². The molecule has 0 radical (unpaired) electrons. The van der Waals surface area contributed by atoms with Gasteiger partial charge in [-0.25, -0.2) is 0 Å². The van der Waals surface area contributed by atoms with Gasteiger partial charge in [-0.1, -0.05) is 46.5 Å². The highest BCUT2D eigenvalue weighted by Gasteiger charge is 2.39. The highest BCUT2D eigenvalue weighted by atomic mass is 14.9. The van der Waals surface area contributed by atoms with Crippen LogP contribution < -0.4 is 5.32 Å². The Bertz CT molecular complexity index is 217. The van der Waals surface area contributed by atoms with Crippen LogP contribution in [0.3, 0.4) is 0 Å². The summed E-state index contributed by atoms with van der Waals surface area (Å²) in [6, 6.07) is 0.799. The first-order valence-corrected chi connectivity index (χ1v) is 7.37. The van der Waals surface area contributed by atoms with Gasteiger partial charge in [0.2, 0.25) is 0 Å². The first-order chi connectivity index (χ1) is 7.63. The van der Waals surface area contributed by atoms with Gasteiger partial charge < -0.3 is 5.32 Å². The van der Waals surface area contributed by atoms with Crippen molar-refractivity contribution in [3.63, 3.8) is 0 Å². The molecular weight excluding hydrogens is 194 g/mol. The first kappa shape index (κ1) is 12.4. The van der Waals surface area contributed by atoms with Crippen molar-refractivity contribution in [2.24, 2.45) is 17.3 Å². The molecule has 0 aromatic carbocycles. The lowest BCUT2D eigenvalue weighted by Gasteiger charge is -2.43. The molecule has 2 rings (SSSR count). The van der Waals surface area contributed by atoms with E-state index in [4.69, 9.17) is 0 Å². The van der Waals surface area contributed by atoms with Crippen molar-refractivity contribution in [2.75, 3.05) is 6.54 Å². The zero-order chi connectivity index (χ0) is 11.6. The molecule has 0 saturated heterocycles. The van der Waals surface area contributed by atoms with E-state index < -0.39 is 0 Å². The smallest absolute Gasteiger partial charge is 0.0103 e. The van der Waals surface area contributed by atoms with Gasteiger partial charge >= 0.3 is 0 Å². The van der Waals surface area contributed by atoms with Crippen LogP contribution in [0.5, 0.6) is 0 Å². The molecule has 2 unspecified atom stereocenters. The fourth-order valence-electron chi connectivity index (χ4n) is 3.63. The van der Waals surface area contributed by atoms with Gasteiger partial charge in [0.25, 0.3) is 0 Å². The van der Waals surface area contributed by atoms with Gasteiger partial charge in [-0.15, -0.1) is 0 Å². The van der Waals surface area contributed by atoms with Crippen LogP contribution in [0.4, 0.5) is 0 Å². The van der Waals surface area contributed by atoms with Crippen LogP contribution >= 0.6 is 0 Å². The predicted octanol–water partition coefficient (Wildman–Crippen LogP) is 3.98. The zero-order valence-corrected chi connectivity index (χ0v) is 11.4. The van der Waals surface area contributed by atoms with E-state index in [-0.39, 0.29) is 0 Å². The molecule has 1 N–H and O–H groups in total. The Labute approximate surface area is 101 Å². The second kappa shape index (κ2) is 5.08. The van der Waals surface area contributed by atoms with E-state index in [0.29, 0.717) is 5.41 Å². The van der Waals surface area contributed by atoms with Crippen molar-refractivity contribution < 1.29 is 0 Å². The van der Waals surface area contributed by atoms with Gasteiger partial charge in [0.1, 0.15) is 0 Å². The van der Waals surface area contributed by atoms with Crippen LogP contribution in [0.15, 0.2) is 0 Å². The van der Waals surface area contributed by atoms with Crippen LogP contribution in [-0.2, 0) is 0 Å². The Balaban J connectivity index is 1.97. The molecule has 94 valence electrons. The molecule has 1 heteroatoms. The summed E-state index contributed by atoms with van der Waals surface area (Å²) in [6.07, 6.45) is 10.2. The van der Waals surface area contributed by atoms with E-state index in [1.807, 2.05) is 0 Å². The summed E-state index contributed by atoms with van der Waals surface area (Å²) in [6.45, 7) is 8.39. The predicted molar refractivity (Wildman–Crippen MR) is 70.5 cm³/mol. The quantitative estimate of drug-likeness (QED) is 0.743. The lowest BCUT2D eigenvalue weighted by Crippen LogP contribution is -2.45. The molecule has 0 spiro atoms. The van der Waals surface area contributed by atoms with E-state index >= 15 is 0 Å². The fraction of sp³-hybridized carbons (Fsp3) is 1.00. The maximum absolute atomic E-state index is 3.78. The van der Waals surface area contributed by atoms with Gasteiger partial charge in [0.15, 0.2) is 0 Å². The van der Waals surface area contributed by atoms with E-state index in [1.165, 1.54) is 44.9 Å². The molecule has 2 aliphatic carbocycles. The molecular formula is C15H29N. The van der Waals surface area contributed by atoms with Crippen molar-refractivity contribution >= 4 is 0 Å². The Hall–Kier alpha value is -0.0400. The van der Waals surface area contributed by atoms with Crippen molar-refractivity contribution in [1.29, 1.82) is 0 Å². The maximum Gasteiger partial charge on any atom is 0.0103 e. The third kappa shape index (κ3) is 3.00. The minimum absolute atomic E-state index is 0.569. The minimum atomic E-state index is 0.569. The average Bonchev–Trinajstić information content (AvgIpc) is 3.00.